The molecule has 1 aromatic carbocycles. The Kier molecular flexibility index (Phi) is 6.04. The molecule has 4 rings (SSSR count). The zero-order chi connectivity index (χ0) is 20.9. The Morgan fingerprint density at radius 3 is 2.63 bits per heavy atom. The molecule has 8 nitrogen and oxygen atoms in total. The SMILES string of the molecule is O=C(Nc1ccccc1C(=O)N1CCOCC1)C1CC(=O)N(Cc2ccccn2)C1. The van der Waals surface area contributed by atoms with Crippen LogP contribution in [0.25, 0.3) is 0 Å². The lowest BCUT2D eigenvalue weighted by molar-refractivity contribution is -0.128. The number of nitrogens with zero attached hydrogens (tertiary/aromatic N) is 3. The Labute approximate surface area is 174 Å². The van der Waals surface area contributed by atoms with Crippen LogP contribution in [0.1, 0.15) is 22.5 Å². The van der Waals surface area contributed by atoms with E-state index >= 15 is 0 Å². The molecular formula is C22H24N4O4. The van der Waals surface area contributed by atoms with Gasteiger partial charge in [0.2, 0.25) is 11.8 Å². The number of aromatic nitrogens is 1. The van der Waals surface area contributed by atoms with Gasteiger partial charge < -0.3 is 19.9 Å². The maximum absolute atomic E-state index is 12.9. The smallest absolute Gasteiger partial charge is 0.256 e. The fourth-order valence-electron chi connectivity index (χ4n) is 3.74. The number of carbonyl (C=O) groups excluding carboxylic acids is 3. The van der Waals surface area contributed by atoms with Gasteiger partial charge in [-0.15, -0.1) is 0 Å². The summed E-state index contributed by atoms with van der Waals surface area (Å²) in [5.41, 5.74) is 1.70. The molecule has 2 fully saturated rings. The maximum Gasteiger partial charge on any atom is 0.256 e. The molecule has 2 aliphatic rings. The molecule has 0 saturated carbocycles. The summed E-state index contributed by atoms with van der Waals surface area (Å²) in [6.45, 7) is 2.80. The van der Waals surface area contributed by atoms with Gasteiger partial charge in [-0.05, 0) is 24.3 Å². The van der Waals surface area contributed by atoms with Gasteiger partial charge in [-0.3, -0.25) is 19.4 Å². The molecule has 2 aromatic rings. The third-order valence-electron chi connectivity index (χ3n) is 5.38. The van der Waals surface area contributed by atoms with E-state index in [1.54, 1.807) is 40.3 Å². The molecule has 1 unspecified atom stereocenters. The van der Waals surface area contributed by atoms with Crippen molar-refractivity contribution in [2.45, 2.75) is 13.0 Å². The van der Waals surface area contributed by atoms with Crippen LogP contribution in [0.2, 0.25) is 0 Å². The highest BCUT2D eigenvalue weighted by molar-refractivity contribution is 6.05. The number of benzene rings is 1. The van der Waals surface area contributed by atoms with Crippen molar-refractivity contribution in [1.82, 2.24) is 14.8 Å². The van der Waals surface area contributed by atoms with Crippen LogP contribution in [0.15, 0.2) is 48.7 Å². The van der Waals surface area contributed by atoms with Crippen LogP contribution in [0.3, 0.4) is 0 Å². The standard InChI is InChI=1S/C22H24N4O4/c27-20-13-16(14-26(20)15-17-5-3-4-8-23-17)21(28)24-19-7-2-1-6-18(19)22(29)25-9-11-30-12-10-25/h1-8,16H,9-15H2,(H,24,28). The number of hydrogen-bond acceptors (Lipinski definition) is 5. The van der Waals surface area contributed by atoms with Crippen molar-refractivity contribution in [3.05, 3.63) is 59.9 Å². The first-order valence-corrected chi connectivity index (χ1v) is 10.1. The highest BCUT2D eigenvalue weighted by atomic mass is 16.5. The van der Waals surface area contributed by atoms with Gasteiger partial charge in [-0.25, -0.2) is 0 Å². The summed E-state index contributed by atoms with van der Waals surface area (Å²) in [4.78, 5) is 45.7. The number of hydrogen-bond donors (Lipinski definition) is 1. The third-order valence-corrected chi connectivity index (χ3v) is 5.38. The van der Waals surface area contributed by atoms with Gasteiger partial charge in [-0.2, -0.15) is 0 Å². The molecule has 30 heavy (non-hydrogen) atoms. The van der Waals surface area contributed by atoms with E-state index in [9.17, 15) is 14.4 Å². The Morgan fingerprint density at radius 1 is 1.10 bits per heavy atom. The Hall–Kier alpha value is -3.26. The van der Waals surface area contributed by atoms with E-state index < -0.39 is 5.92 Å². The number of amides is 3. The number of para-hydroxylation sites is 1. The zero-order valence-electron chi connectivity index (χ0n) is 16.6. The second-order valence-corrected chi connectivity index (χ2v) is 7.44. The largest absolute Gasteiger partial charge is 0.378 e. The Bertz CT molecular complexity index is 928. The predicted octanol–water partition coefficient (Wildman–Crippen LogP) is 1.54. The highest BCUT2D eigenvalue weighted by Gasteiger charge is 2.35. The molecule has 1 aromatic heterocycles. The highest BCUT2D eigenvalue weighted by Crippen LogP contribution is 2.24. The molecule has 0 radical (unpaired) electrons. The summed E-state index contributed by atoms with van der Waals surface area (Å²) >= 11 is 0. The molecule has 1 N–H and O–H groups in total. The summed E-state index contributed by atoms with van der Waals surface area (Å²) in [5.74, 6) is -0.922. The summed E-state index contributed by atoms with van der Waals surface area (Å²) in [7, 11) is 0. The summed E-state index contributed by atoms with van der Waals surface area (Å²) < 4.78 is 5.31. The Balaban J connectivity index is 1.42. The monoisotopic (exact) mass is 408 g/mol. The molecule has 2 aliphatic heterocycles. The van der Waals surface area contributed by atoms with Crippen molar-refractivity contribution >= 4 is 23.4 Å². The normalized spacial score (nSPS) is 19.1. The minimum Gasteiger partial charge on any atom is -0.378 e. The lowest BCUT2D eigenvalue weighted by Crippen LogP contribution is -2.41. The first-order chi connectivity index (χ1) is 14.6. The quantitative estimate of drug-likeness (QED) is 0.810. The predicted molar refractivity (Wildman–Crippen MR) is 110 cm³/mol. The minimum atomic E-state index is -0.465. The van der Waals surface area contributed by atoms with Gasteiger partial charge in [-0.1, -0.05) is 18.2 Å². The summed E-state index contributed by atoms with van der Waals surface area (Å²) in [6, 6.07) is 12.5. The molecule has 0 spiro atoms. The lowest BCUT2D eigenvalue weighted by atomic mass is 10.1. The number of nitrogens with one attached hydrogen (secondary N) is 1. The number of morpholine rings is 1. The molecular weight excluding hydrogens is 384 g/mol. The van der Waals surface area contributed by atoms with Crippen molar-refractivity contribution in [3.63, 3.8) is 0 Å². The van der Waals surface area contributed by atoms with Crippen LogP contribution < -0.4 is 5.32 Å². The number of carbonyl (C=O) groups is 3. The van der Waals surface area contributed by atoms with Crippen molar-refractivity contribution in [2.24, 2.45) is 5.92 Å². The van der Waals surface area contributed by atoms with Crippen molar-refractivity contribution in [1.29, 1.82) is 0 Å². The van der Waals surface area contributed by atoms with Crippen LogP contribution in [0, 0.1) is 5.92 Å². The fourth-order valence-corrected chi connectivity index (χ4v) is 3.74. The molecule has 156 valence electrons. The van der Waals surface area contributed by atoms with Crippen LogP contribution in [-0.2, 0) is 20.9 Å². The van der Waals surface area contributed by atoms with Crippen molar-refractivity contribution < 1.29 is 19.1 Å². The van der Waals surface area contributed by atoms with E-state index in [-0.39, 0.29) is 24.1 Å². The topological polar surface area (TPSA) is 91.8 Å². The maximum atomic E-state index is 12.9. The van der Waals surface area contributed by atoms with E-state index in [4.69, 9.17) is 4.74 Å². The van der Waals surface area contributed by atoms with Gasteiger partial charge in [0.1, 0.15) is 0 Å². The Morgan fingerprint density at radius 2 is 1.87 bits per heavy atom. The van der Waals surface area contributed by atoms with Gasteiger partial charge >= 0.3 is 0 Å². The van der Waals surface area contributed by atoms with Crippen LogP contribution >= 0.6 is 0 Å². The van der Waals surface area contributed by atoms with Gasteiger partial charge in [0, 0.05) is 32.3 Å². The van der Waals surface area contributed by atoms with E-state index in [2.05, 4.69) is 10.3 Å². The zero-order valence-corrected chi connectivity index (χ0v) is 16.6. The second kappa shape index (κ2) is 9.04. The van der Waals surface area contributed by atoms with E-state index in [1.807, 2.05) is 18.2 Å². The first kappa shape index (κ1) is 20.0. The number of rotatable bonds is 5. The average Bonchev–Trinajstić information content (AvgIpc) is 3.15. The van der Waals surface area contributed by atoms with Crippen LogP contribution in [0.5, 0.6) is 0 Å². The molecule has 2 saturated heterocycles. The van der Waals surface area contributed by atoms with Crippen molar-refractivity contribution in [2.75, 3.05) is 38.2 Å². The molecule has 0 bridgehead atoms. The van der Waals surface area contributed by atoms with Gasteiger partial charge in [0.25, 0.3) is 5.91 Å². The molecule has 0 aliphatic carbocycles. The third kappa shape index (κ3) is 4.49. The first-order valence-electron chi connectivity index (χ1n) is 10.1. The molecule has 3 heterocycles. The number of likely N-dealkylation sites (tertiary alicyclic amines) is 1. The van der Waals surface area contributed by atoms with Crippen LogP contribution in [-0.4, -0.2) is 65.4 Å². The lowest BCUT2D eigenvalue weighted by Gasteiger charge is -2.27. The van der Waals surface area contributed by atoms with Gasteiger partial charge in [0.15, 0.2) is 0 Å². The number of ether oxygens (including phenoxy) is 1. The number of anilines is 1. The van der Waals surface area contributed by atoms with Crippen LogP contribution in [0.4, 0.5) is 5.69 Å². The molecule has 8 heteroatoms. The average molecular weight is 408 g/mol. The minimum absolute atomic E-state index is 0.0709. The van der Waals surface area contributed by atoms with Gasteiger partial charge in [0.05, 0.1) is 42.6 Å². The number of pyridine rings is 1. The second-order valence-electron chi connectivity index (χ2n) is 7.44. The molecule has 3 amide bonds. The van der Waals surface area contributed by atoms with E-state index in [0.29, 0.717) is 50.6 Å². The van der Waals surface area contributed by atoms with Crippen molar-refractivity contribution in [3.8, 4) is 0 Å². The van der Waals surface area contributed by atoms with E-state index in [1.165, 1.54) is 0 Å². The summed E-state index contributed by atoms with van der Waals surface area (Å²) in [6.07, 6.45) is 1.83. The van der Waals surface area contributed by atoms with E-state index in [0.717, 1.165) is 5.69 Å². The summed E-state index contributed by atoms with van der Waals surface area (Å²) in [5, 5.41) is 2.87. The molecule has 1 atom stereocenters. The fraction of sp³-hybridized carbons (Fsp3) is 0.364.